The van der Waals surface area contributed by atoms with Crippen LogP contribution in [0.15, 0.2) is 22.7 Å². The summed E-state index contributed by atoms with van der Waals surface area (Å²) in [5.41, 5.74) is -0.490. The summed E-state index contributed by atoms with van der Waals surface area (Å²) in [6.07, 6.45) is 0. The molecule has 1 aromatic carbocycles. The van der Waals surface area contributed by atoms with E-state index >= 15 is 0 Å². The molecule has 0 fully saturated rings. The first kappa shape index (κ1) is 24.0. The number of hydrogen-bond donors (Lipinski definition) is 0. The maximum Gasteiger partial charge on any atom is 0.328 e. The van der Waals surface area contributed by atoms with Gasteiger partial charge in [0.25, 0.3) is 0 Å². The van der Waals surface area contributed by atoms with Gasteiger partial charge in [0, 0.05) is 15.6 Å². The predicted octanol–water partition coefficient (Wildman–Crippen LogP) is 0.739. The van der Waals surface area contributed by atoms with Gasteiger partial charge in [-0.05, 0) is 15.9 Å². The van der Waals surface area contributed by atoms with Crippen LogP contribution in [-0.4, -0.2) is 63.9 Å². The monoisotopic (exact) mass is 472 g/mol. The normalized spacial score (nSPS) is 10.3. The van der Waals surface area contributed by atoms with Gasteiger partial charge in [0.2, 0.25) is 11.8 Å². The Balaban J connectivity index is 3.49. The number of carbonyl (C=O) groups is 6. The summed E-state index contributed by atoms with van der Waals surface area (Å²) in [6, 6.07) is 3.73. The lowest BCUT2D eigenvalue weighted by Crippen LogP contribution is -2.35. The van der Waals surface area contributed by atoms with Crippen LogP contribution in [0.4, 0.5) is 0 Å². The second kappa shape index (κ2) is 10.5. The van der Waals surface area contributed by atoms with Crippen molar-refractivity contribution < 1.29 is 47.7 Å². The smallest absolute Gasteiger partial charge is 0.328 e. The Hall–Kier alpha value is -3.08. The first-order valence-electron chi connectivity index (χ1n) is 7.84. The number of carbonyl (C=O) groups excluding carboxylic acids is 6. The molecule has 1 aromatic rings. The van der Waals surface area contributed by atoms with E-state index < -0.39 is 47.3 Å². The number of ketones is 2. The van der Waals surface area contributed by atoms with Gasteiger partial charge >= 0.3 is 23.9 Å². The summed E-state index contributed by atoms with van der Waals surface area (Å²) >= 11 is 3.05. The Kier molecular flexibility index (Phi) is 8.64. The molecule has 0 spiro atoms. The minimum Gasteiger partial charge on any atom is -0.468 e. The lowest BCUT2D eigenvalue weighted by molar-refractivity contribution is -0.157. The van der Waals surface area contributed by atoms with Crippen molar-refractivity contribution in [2.45, 2.75) is 0 Å². The van der Waals surface area contributed by atoms with E-state index in [4.69, 9.17) is 0 Å². The van der Waals surface area contributed by atoms with Crippen LogP contribution in [0.5, 0.6) is 0 Å². The Morgan fingerprint density at radius 2 is 0.931 bits per heavy atom. The van der Waals surface area contributed by atoms with E-state index in [2.05, 4.69) is 34.9 Å². The zero-order valence-corrected chi connectivity index (χ0v) is 17.4. The van der Waals surface area contributed by atoms with Crippen LogP contribution < -0.4 is 0 Å². The average Bonchev–Trinajstić information content (AvgIpc) is 2.72. The molecule has 0 aliphatic heterocycles. The van der Waals surface area contributed by atoms with E-state index in [9.17, 15) is 28.8 Å². The maximum atomic E-state index is 12.8. The molecule has 1 rings (SSSR count). The molecule has 0 unspecified atom stereocenters. The Bertz CT molecular complexity index is 762. The topological polar surface area (TPSA) is 139 Å². The van der Waals surface area contributed by atoms with Crippen LogP contribution >= 0.6 is 15.9 Å². The largest absolute Gasteiger partial charge is 0.468 e. The second-order valence-corrected chi connectivity index (χ2v) is 6.15. The Morgan fingerprint density at radius 3 is 1.17 bits per heavy atom. The molecular weight excluding hydrogens is 456 g/mol. The molecule has 0 amide bonds. The number of methoxy groups -OCH3 is 4. The third kappa shape index (κ3) is 5.05. The van der Waals surface area contributed by atoms with Crippen LogP contribution in [0, 0.1) is 11.8 Å². The molecule has 29 heavy (non-hydrogen) atoms. The van der Waals surface area contributed by atoms with Crippen molar-refractivity contribution in [3.8, 4) is 0 Å². The number of benzene rings is 1. The number of esters is 4. The number of halogens is 1. The van der Waals surface area contributed by atoms with Gasteiger partial charge in [-0.2, -0.15) is 0 Å². The minimum absolute atomic E-state index is 0.148. The highest BCUT2D eigenvalue weighted by Gasteiger charge is 2.40. The van der Waals surface area contributed by atoms with Crippen LogP contribution in [-0.2, 0) is 38.1 Å². The minimum atomic E-state index is -1.93. The molecule has 0 saturated carbocycles. The quantitative estimate of drug-likeness (QED) is 0.230. The van der Waals surface area contributed by atoms with E-state index in [1.165, 1.54) is 18.2 Å². The summed E-state index contributed by atoms with van der Waals surface area (Å²) in [5.74, 6) is -10.5. The van der Waals surface area contributed by atoms with Gasteiger partial charge in [-0.3, -0.25) is 28.8 Å². The van der Waals surface area contributed by atoms with Gasteiger partial charge in [-0.1, -0.05) is 18.2 Å². The average molecular weight is 473 g/mol. The molecule has 11 heteroatoms. The van der Waals surface area contributed by atoms with E-state index in [-0.39, 0.29) is 15.6 Å². The summed E-state index contributed by atoms with van der Waals surface area (Å²) < 4.78 is 17.7. The molecular formula is C18H17BrO10. The maximum absolute atomic E-state index is 12.8. The highest BCUT2D eigenvalue weighted by atomic mass is 79.9. The Morgan fingerprint density at radius 1 is 0.655 bits per heavy atom. The molecule has 0 radical (unpaired) electrons. The van der Waals surface area contributed by atoms with Gasteiger partial charge < -0.3 is 18.9 Å². The van der Waals surface area contributed by atoms with Crippen molar-refractivity contribution in [3.05, 3.63) is 33.8 Å². The van der Waals surface area contributed by atoms with Gasteiger partial charge in [0.15, 0.2) is 11.6 Å². The zero-order chi connectivity index (χ0) is 22.3. The van der Waals surface area contributed by atoms with Crippen LogP contribution in [0.1, 0.15) is 20.7 Å². The molecule has 0 heterocycles. The highest BCUT2D eigenvalue weighted by Crippen LogP contribution is 2.28. The molecule has 0 aliphatic rings. The Labute approximate surface area is 173 Å². The van der Waals surface area contributed by atoms with E-state index in [1.807, 2.05) is 0 Å². The third-order valence-electron chi connectivity index (χ3n) is 3.80. The van der Waals surface area contributed by atoms with Crippen molar-refractivity contribution in [2.75, 3.05) is 28.4 Å². The van der Waals surface area contributed by atoms with Crippen LogP contribution in [0.2, 0.25) is 0 Å². The van der Waals surface area contributed by atoms with Gasteiger partial charge in [-0.25, -0.2) is 0 Å². The summed E-state index contributed by atoms with van der Waals surface area (Å²) in [5, 5.41) is 0. The van der Waals surface area contributed by atoms with E-state index in [0.29, 0.717) is 0 Å². The summed E-state index contributed by atoms with van der Waals surface area (Å²) in [6.45, 7) is 0. The highest BCUT2D eigenvalue weighted by molar-refractivity contribution is 9.10. The fourth-order valence-corrected chi connectivity index (χ4v) is 2.97. The van der Waals surface area contributed by atoms with Gasteiger partial charge in [0.1, 0.15) is 0 Å². The zero-order valence-electron chi connectivity index (χ0n) is 15.8. The lowest BCUT2D eigenvalue weighted by atomic mass is 9.92. The molecule has 0 bridgehead atoms. The van der Waals surface area contributed by atoms with E-state index in [0.717, 1.165) is 28.4 Å². The van der Waals surface area contributed by atoms with Gasteiger partial charge in [0.05, 0.1) is 28.4 Å². The molecule has 0 atom stereocenters. The fraction of sp³-hybridized carbons (Fsp3) is 0.333. The molecule has 156 valence electrons. The first-order chi connectivity index (χ1) is 13.7. The third-order valence-corrected chi connectivity index (χ3v) is 4.66. The first-order valence-corrected chi connectivity index (χ1v) is 8.63. The van der Waals surface area contributed by atoms with Crippen molar-refractivity contribution in [1.29, 1.82) is 0 Å². The van der Waals surface area contributed by atoms with Crippen molar-refractivity contribution >= 4 is 51.4 Å². The molecule has 0 saturated heterocycles. The van der Waals surface area contributed by atoms with Crippen LogP contribution in [0.3, 0.4) is 0 Å². The van der Waals surface area contributed by atoms with E-state index in [1.54, 1.807) is 0 Å². The van der Waals surface area contributed by atoms with Gasteiger partial charge in [-0.15, -0.1) is 0 Å². The van der Waals surface area contributed by atoms with Crippen LogP contribution in [0.25, 0.3) is 0 Å². The number of ether oxygens (including phenoxy) is 4. The fourth-order valence-electron chi connectivity index (χ4n) is 2.32. The van der Waals surface area contributed by atoms with Crippen molar-refractivity contribution in [1.82, 2.24) is 0 Å². The number of Topliss-reactive ketones (excluding diaryl/α,β-unsaturated/α-hetero) is 2. The second-order valence-electron chi connectivity index (χ2n) is 5.35. The summed E-state index contributed by atoms with van der Waals surface area (Å²) in [4.78, 5) is 73.0. The molecule has 0 N–H and O–H groups in total. The molecule has 0 aromatic heterocycles. The molecule has 0 aliphatic carbocycles. The molecule has 10 nitrogen and oxygen atoms in total. The lowest BCUT2D eigenvalue weighted by Gasteiger charge is -2.16. The van der Waals surface area contributed by atoms with Crippen molar-refractivity contribution in [2.24, 2.45) is 11.8 Å². The standard InChI is InChI=1S/C18H17BrO10/c1-26-15(22)10(16(23)27-2)13(20)8-6-5-7-9(12(8)19)14(21)11(17(24)28-3)18(25)29-4/h5-7,10-11H,1-4H3. The van der Waals surface area contributed by atoms with Crippen molar-refractivity contribution in [3.63, 3.8) is 0 Å². The SMILES string of the molecule is COC(=O)C(C(=O)OC)C(=O)c1cccc(C(=O)C(C(=O)OC)C(=O)OC)c1Br. The number of rotatable bonds is 8. The summed E-state index contributed by atoms with van der Waals surface area (Å²) in [7, 11) is 3.94. The predicted molar refractivity (Wildman–Crippen MR) is 97.8 cm³/mol. The number of hydrogen-bond acceptors (Lipinski definition) is 10.